The first-order valence-electron chi connectivity index (χ1n) is 5.97. The van der Waals surface area contributed by atoms with Gasteiger partial charge in [-0.15, -0.1) is 0 Å². The molecule has 5 nitrogen and oxygen atoms in total. The van der Waals surface area contributed by atoms with Gasteiger partial charge in [-0.05, 0) is 30.6 Å². The zero-order chi connectivity index (χ0) is 15.0. The zero-order valence-electron chi connectivity index (χ0n) is 11.3. The predicted molar refractivity (Wildman–Crippen MR) is 82.4 cm³/mol. The van der Waals surface area contributed by atoms with Crippen molar-refractivity contribution in [3.05, 3.63) is 29.3 Å². The number of nitrogens with one attached hydrogen (secondary N) is 2. The van der Waals surface area contributed by atoms with Gasteiger partial charge in [-0.2, -0.15) is 11.8 Å². The maximum atomic E-state index is 11.9. The van der Waals surface area contributed by atoms with E-state index in [2.05, 4.69) is 15.4 Å². The summed E-state index contributed by atoms with van der Waals surface area (Å²) in [5.74, 6) is 0.278. The predicted octanol–water partition coefficient (Wildman–Crippen LogP) is 2.76. The van der Waals surface area contributed by atoms with Crippen molar-refractivity contribution in [2.45, 2.75) is 12.5 Å². The first kappa shape index (κ1) is 16.7. The number of hydrogen-bond donors (Lipinski definition) is 2. The summed E-state index contributed by atoms with van der Waals surface area (Å²) in [5.41, 5.74) is 0.486. The lowest BCUT2D eigenvalue weighted by molar-refractivity contribution is -0.142. The van der Waals surface area contributed by atoms with E-state index in [1.807, 2.05) is 6.26 Å². The van der Waals surface area contributed by atoms with Gasteiger partial charge in [0.05, 0.1) is 17.8 Å². The average molecular weight is 317 g/mol. The molecule has 0 saturated carbocycles. The molecule has 1 atom stereocenters. The molecule has 0 radical (unpaired) electrons. The van der Waals surface area contributed by atoms with Crippen LogP contribution in [0.1, 0.15) is 6.42 Å². The van der Waals surface area contributed by atoms with Crippen molar-refractivity contribution in [3.8, 4) is 0 Å². The van der Waals surface area contributed by atoms with Gasteiger partial charge in [0, 0.05) is 0 Å². The minimum absolute atomic E-state index is 0.432. The fraction of sp³-hybridized carbons (Fsp3) is 0.385. The molecule has 0 saturated heterocycles. The van der Waals surface area contributed by atoms with Gasteiger partial charge in [0.25, 0.3) is 0 Å². The van der Waals surface area contributed by atoms with Gasteiger partial charge >= 0.3 is 12.0 Å². The molecule has 1 aromatic carbocycles. The zero-order valence-corrected chi connectivity index (χ0v) is 12.9. The van der Waals surface area contributed by atoms with Crippen LogP contribution in [0.2, 0.25) is 5.02 Å². The van der Waals surface area contributed by atoms with E-state index < -0.39 is 18.0 Å². The van der Waals surface area contributed by atoms with Gasteiger partial charge in [-0.1, -0.05) is 23.7 Å². The lowest BCUT2D eigenvalue weighted by Crippen LogP contribution is -2.44. The molecule has 2 amide bonds. The summed E-state index contributed by atoms with van der Waals surface area (Å²) in [4.78, 5) is 23.4. The second-order valence-electron chi connectivity index (χ2n) is 3.94. The summed E-state index contributed by atoms with van der Waals surface area (Å²) in [6, 6.07) is 5.71. The van der Waals surface area contributed by atoms with E-state index in [1.54, 1.807) is 36.0 Å². The molecule has 0 bridgehead atoms. The van der Waals surface area contributed by atoms with Crippen LogP contribution in [0, 0.1) is 0 Å². The highest BCUT2D eigenvalue weighted by Gasteiger charge is 2.21. The Kier molecular flexibility index (Phi) is 7.25. The lowest BCUT2D eigenvalue weighted by Gasteiger charge is -2.16. The van der Waals surface area contributed by atoms with Crippen molar-refractivity contribution >= 4 is 41.1 Å². The highest BCUT2D eigenvalue weighted by Crippen LogP contribution is 2.20. The smallest absolute Gasteiger partial charge is 0.328 e. The fourth-order valence-corrected chi connectivity index (χ4v) is 2.16. The van der Waals surface area contributed by atoms with Crippen molar-refractivity contribution in [2.24, 2.45) is 0 Å². The van der Waals surface area contributed by atoms with Crippen molar-refractivity contribution in [1.82, 2.24) is 5.32 Å². The van der Waals surface area contributed by atoms with Crippen LogP contribution in [0.15, 0.2) is 24.3 Å². The molecule has 1 aromatic rings. The second-order valence-corrected chi connectivity index (χ2v) is 5.33. The van der Waals surface area contributed by atoms with Crippen LogP contribution in [0.5, 0.6) is 0 Å². The van der Waals surface area contributed by atoms with E-state index in [0.717, 1.165) is 5.75 Å². The van der Waals surface area contributed by atoms with E-state index in [9.17, 15) is 9.59 Å². The summed E-state index contributed by atoms with van der Waals surface area (Å²) in [6.07, 6.45) is 2.43. The van der Waals surface area contributed by atoms with Crippen molar-refractivity contribution in [2.75, 3.05) is 24.4 Å². The Morgan fingerprint density at radius 2 is 2.10 bits per heavy atom. The number of carbonyl (C=O) groups is 2. The quantitative estimate of drug-likeness (QED) is 0.792. The number of amides is 2. The molecule has 0 aliphatic heterocycles. The molecule has 2 N–H and O–H groups in total. The number of urea groups is 1. The molecule has 0 aromatic heterocycles. The first-order valence-corrected chi connectivity index (χ1v) is 7.74. The molecule has 0 aliphatic carbocycles. The number of anilines is 1. The molecule has 0 fully saturated rings. The summed E-state index contributed by atoms with van der Waals surface area (Å²) in [7, 11) is 1.29. The van der Waals surface area contributed by atoms with Gasteiger partial charge < -0.3 is 15.4 Å². The monoisotopic (exact) mass is 316 g/mol. The molecule has 0 aliphatic rings. The fourth-order valence-electron chi connectivity index (χ4n) is 1.51. The lowest BCUT2D eigenvalue weighted by atomic mass is 10.2. The largest absolute Gasteiger partial charge is 0.467 e. The summed E-state index contributed by atoms with van der Waals surface area (Å²) in [6.45, 7) is 0. The first-order chi connectivity index (χ1) is 9.58. The number of methoxy groups -OCH3 is 1. The molecule has 20 heavy (non-hydrogen) atoms. The molecule has 110 valence electrons. The molecular weight excluding hydrogens is 300 g/mol. The Hall–Kier alpha value is -1.40. The highest BCUT2D eigenvalue weighted by atomic mass is 35.5. The number of ether oxygens (including phenoxy) is 1. The van der Waals surface area contributed by atoms with Crippen LogP contribution >= 0.6 is 23.4 Å². The number of hydrogen-bond acceptors (Lipinski definition) is 4. The topological polar surface area (TPSA) is 67.4 Å². The van der Waals surface area contributed by atoms with Gasteiger partial charge in [0.15, 0.2) is 0 Å². The Morgan fingerprint density at radius 1 is 1.40 bits per heavy atom. The maximum Gasteiger partial charge on any atom is 0.328 e. The van der Waals surface area contributed by atoms with Crippen LogP contribution in [0.25, 0.3) is 0 Å². The third-order valence-corrected chi connectivity index (χ3v) is 3.50. The number of rotatable bonds is 6. The van der Waals surface area contributed by atoms with Gasteiger partial charge in [0.1, 0.15) is 6.04 Å². The molecule has 1 rings (SSSR count). The van der Waals surface area contributed by atoms with E-state index in [4.69, 9.17) is 11.6 Å². The van der Waals surface area contributed by atoms with E-state index in [1.165, 1.54) is 7.11 Å². The van der Waals surface area contributed by atoms with Crippen molar-refractivity contribution < 1.29 is 14.3 Å². The Balaban J connectivity index is 2.61. The number of para-hydroxylation sites is 1. The van der Waals surface area contributed by atoms with Gasteiger partial charge in [-0.3, -0.25) is 0 Å². The maximum absolute atomic E-state index is 11.9. The van der Waals surface area contributed by atoms with Gasteiger partial charge in [0.2, 0.25) is 0 Å². The minimum atomic E-state index is -0.671. The van der Waals surface area contributed by atoms with Crippen LogP contribution in [0.3, 0.4) is 0 Å². The van der Waals surface area contributed by atoms with Crippen LogP contribution < -0.4 is 10.6 Å². The number of esters is 1. The standard InChI is InChI=1S/C13H17ClN2O3S/c1-19-12(17)11(7-8-20-2)16-13(18)15-10-6-4-3-5-9(10)14/h3-6,11H,7-8H2,1-2H3,(H2,15,16,18)/t11-/m1/s1. The van der Waals surface area contributed by atoms with E-state index >= 15 is 0 Å². The molecule has 7 heteroatoms. The SMILES string of the molecule is COC(=O)[C@@H](CCSC)NC(=O)Nc1ccccc1Cl. The average Bonchev–Trinajstić information content (AvgIpc) is 2.45. The highest BCUT2D eigenvalue weighted by molar-refractivity contribution is 7.98. The number of benzene rings is 1. The summed E-state index contributed by atoms with van der Waals surface area (Å²) < 4.78 is 4.67. The Bertz CT molecular complexity index is 471. The van der Waals surface area contributed by atoms with Crippen LogP contribution in [-0.4, -0.2) is 37.2 Å². The summed E-state index contributed by atoms with van der Waals surface area (Å²) >= 11 is 7.53. The number of halogens is 1. The Morgan fingerprint density at radius 3 is 2.70 bits per heavy atom. The minimum Gasteiger partial charge on any atom is -0.467 e. The number of thioether (sulfide) groups is 1. The molecule has 0 unspecified atom stereocenters. The normalized spacial score (nSPS) is 11.6. The molecular formula is C13H17ClN2O3S. The molecule has 0 spiro atoms. The summed E-state index contributed by atoms with van der Waals surface area (Å²) in [5, 5.41) is 5.61. The van der Waals surface area contributed by atoms with E-state index in [0.29, 0.717) is 17.1 Å². The molecule has 0 heterocycles. The second kappa shape index (κ2) is 8.71. The van der Waals surface area contributed by atoms with Crippen molar-refractivity contribution in [1.29, 1.82) is 0 Å². The van der Waals surface area contributed by atoms with E-state index in [-0.39, 0.29) is 0 Å². The van der Waals surface area contributed by atoms with Crippen molar-refractivity contribution in [3.63, 3.8) is 0 Å². The third-order valence-electron chi connectivity index (χ3n) is 2.52. The van der Waals surface area contributed by atoms with Crippen LogP contribution in [-0.2, 0) is 9.53 Å². The number of carbonyl (C=O) groups excluding carboxylic acids is 2. The van der Waals surface area contributed by atoms with Crippen LogP contribution in [0.4, 0.5) is 10.5 Å². The Labute approximate surface area is 127 Å². The third kappa shape index (κ3) is 5.30. The van der Waals surface area contributed by atoms with Gasteiger partial charge in [-0.25, -0.2) is 9.59 Å².